The molecular weight excluding hydrogens is 326 g/mol. The Morgan fingerprint density at radius 1 is 1.12 bits per heavy atom. The summed E-state index contributed by atoms with van der Waals surface area (Å²) >= 11 is 0. The second kappa shape index (κ2) is 7.90. The molecule has 2 N–H and O–H groups in total. The first kappa shape index (κ1) is 17.1. The number of amides is 1. The van der Waals surface area contributed by atoms with E-state index in [1.165, 1.54) is 18.0 Å². The Morgan fingerprint density at radius 2 is 1.85 bits per heavy atom. The number of carbonyl (C=O) groups is 1. The van der Waals surface area contributed by atoms with Crippen LogP contribution >= 0.6 is 0 Å². The van der Waals surface area contributed by atoms with E-state index in [4.69, 9.17) is 5.26 Å². The largest absolute Gasteiger partial charge is 0.350 e. The average Bonchev–Trinajstić information content (AvgIpc) is 2.68. The maximum absolute atomic E-state index is 12.2. The predicted molar refractivity (Wildman–Crippen MR) is 99.6 cm³/mol. The molecule has 2 aromatic carbocycles. The third-order valence-electron chi connectivity index (χ3n) is 3.73. The SMILES string of the molecule is Cc1ccc(CNc2ncc(C(=O)Nc3cccc(C#N)c3)cn2)cc1. The van der Waals surface area contributed by atoms with Gasteiger partial charge in [-0.1, -0.05) is 35.9 Å². The average molecular weight is 343 g/mol. The van der Waals surface area contributed by atoms with Crippen molar-refractivity contribution in [2.45, 2.75) is 13.5 Å². The molecule has 26 heavy (non-hydrogen) atoms. The number of hydrogen-bond acceptors (Lipinski definition) is 5. The van der Waals surface area contributed by atoms with Gasteiger partial charge in [-0.05, 0) is 30.7 Å². The van der Waals surface area contributed by atoms with Crippen molar-refractivity contribution in [2.24, 2.45) is 0 Å². The van der Waals surface area contributed by atoms with Crippen LogP contribution in [0.3, 0.4) is 0 Å². The molecule has 3 rings (SSSR count). The van der Waals surface area contributed by atoms with Crippen molar-refractivity contribution in [3.63, 3.8) is 0 Å². The number of aromatic nitrogens is 2. The van der Waals surface area contributed by atoms with E-state index in [1.807, 2.05) is 37.3 Å². The Morgan fingerprint density at radius 3 is 2.54 bits per heavy atom. The summed E-state index contributed by atoms with van der Waals surface area (Å²) in [5.74, 6) is 0.124. The number of carbonyl (C=O) groups excluding carboxylic acids is 1. The molecule has 1 aromatic heterocycles. The van der Waals surface area contributed by atoms with Gasteiger partial charge in [-0.3, -0.25) is 4.79 Å². The van der Waals surface area contributed by atoms with Crippen LogP contribution in [0.15, 0.2) is 60.9 Å². The van der Waals surface area contributed by atoms with Gasteiger partial charge < -0.3 is 10.6 Å². The lowest BCUT2D eigenvalue weighted by Crippen LogP contribution is -2.13. The molecule has 1 amide bonds. The number of anilines is 2. The molecule has 6 nitrogen and oxygen atoms in total. The first-order valence-electron chi connectivity index (χ1n) is 8.07. The van der Waals surface area contributed by atoms with Gasteiger partial charge in [-0.2, -0.15) is 5.26 Å². The molecule has 0 unspecified atom stereocenters. The van der Waals surface area contributed by atoms with Crippen molar-refractivity contribution in [3.8, 4) is 6.07 Å². The van der Waals surface area contributed by atoms with E-state index in [-0.39, 0.29) is 5.91 Å². The van der Waals surface area contributed by atoms with Gasteiger partial charge >= 0.3 is 0 Å². The van der Waals surface area contributed by atoms with Crippen LogP contribution in [0.4, 0.5) is 11.6 Å². The lowest BCUT2D eigenvalue weighted by molar-refractivity contribution is 0.102. The molecule has 0 aliphatic carbocycles. The minimum atomic E-state index is -0.329. The summed E-state index contributed by atoms with van der Waals surface area (Å²) < 4.78 is 0. The smallest absolute Gasteiger partial charge is 0.258 e. The number of aryl methyl sites for hydroxylation is 1. The topological polar surface area (TPSA) is 90.7 Å². The third kappa shape index (κ3) is 4.42. The van der Waals surface area contributed by atoms with Gasteiger partial charge in [0.25, 0.3) is 5.91 Å². The van der Waals surface area contributed by atoms with Crippen LogP contribution < -0.4 is 10.6 Å². The highest BCUT2D eigenvalue weighted by molar-refractivity contribution is 6.03. The van der Waals surface area contributed by atoms with Gasteiger partial charge in [-0.15, -0.1) is 0 Å². The number of nitrogens with zero attached hydrogens (tertiary/aromatic N) is 3. The molecule has 0 radical (unpaired) electrons. The lowest BCUT2D eigenvalue weighted by Gasteiger charge is -2.07. The zero-order valence-electron chi connectivity index (χ0n) is 14.2. The quantitative estimate of drug-likeness (QED) is 0.739. The lowest BCUT2D eigenvalue weighted by atomic mass is 10.1. The normalized spacial score (nSPS) is 10.0. The van der Waals surface area contributed by atoms with Gasteiger partial charge in [0.1, 0.15) is 0 Å². The van der Waals surface area contributed by atoms with Crippen LogP contribution in [0.25, 0.3) is 0 Å². The molecule has 0 fully saturated rings. The van der Waals surface area contributed by atoms with E-state index in [2.05, 4.69) is 20.6 Å². The number of benzene rings is 2. The van der Waals surface area contributed by atoms with Crippen molar-refractivity contribution in [2.75, 3.05) is 10.6 Å². The monoisotopic (exact) mass is 343 g/mol. The molecule has 0 atom stereocenters. The maximum Gasteiger partial charge on any atom is 0.258 e. The highest BCUT2D eigenvalue weighted by Crippen LogP contribution is 2.12. The van der Waals surface area contributed by atoms with Crippen LogP contribution in [0, 0.1) is 18.3 Å². The van der Waals surface area contributed by atoms with Gasteiger partial charge in [0, 0.05) is 24.6 Å². The standard InChI is InChI=1S/C20H17N5O/c1-14-5-7-15(8-6-14)11-22-20-23-12-17(13-24-20)19(26)25-18-4-2-3-16(9-18)10-21/h2-9,12-13H,11H2,1H3,(H,25,26)(H,22,23,24). The fourth-order valence-corrected chi connectivity index (χ4v) is 2.29. The second-order valence-electron chi connectivity index (χ2n) is 5.78. The summed E-state index contributed by atoms with van der Waals surface area (Å²) in [4.78, 5) is 20.6. The fraction of sp³-hybridized carbons (Fsp3) is 0.100. The first-order chi connectivity index (χ1) is 12.6. The maximum atomic E-state index is 12.2. The Kier molecular flexibility index (Phi) is 5.20. The summed E-state index contributed by atoms with van der Waals surface area (Å²) in [5.41, 5.74) is 3.71. The van der Waals surface area contributed by atoms with E-state index in [1.54, 1.807) is 24.3 Å². The van der Waals surface area contributed by atoms with Crippen molar-refractivity contribution in [1.29, 1.82) is 5.26 Å². The van der Waals surface area contributed by atoms with Crippen LogP contribution in [-0.2, 0) is 6.54 Å². The van der Waals surface area contributed by atoms with Crippen molar-refractivity contribution < 1.29 is 4.79 Å². The Bertz CT molecular complexity index is 943. The second-order valence-corrected chi connectivity index (χ2v) is 5.78. The summed E-state index contributed by atoms with van der Waals surface area (Å²) in [6, 6.07) is 16.9. The molecule has 0 aliphatic rings. The molecule has 6 heteroatoms. The fourth-order valence-electron chi connectivity index (χ4n) is 2.29. The molecule has 128 valence electrons. The van der Waals surface area contributed by atoms with Crippen molar-refractivity contribution in [1.82, 2.24) is 9.97 Å². The molecule has 3 aromatic rings. The van der Waals surface area contributed by atoms with Crippen LogP contribution in [0.2, 0.25) is 0 Å². The van der Waals surface area contributed by atoms with E-state index >= 15 is 0 Å². The van der Waals surface area contributed by atoms with Crippen LogP contribution in [0.5, 0.6) is 0 Å². The summed E-state index contributed by atoms with van der Waals surface area (Å²) in [7, 11) is 0. The van der Waals surface area contributed by atoms with E-state index < -0.39 is 0 Å². The molecular formula is C20H17N5O. The zero-order valence-corrected chi connectivity index (χ0v) is 14.2. The van der Waals surface area contributed by atoms with Crippen molar-refractivity contribution >= 4 is 17.5 Å². The summed E-state index contributed by atoms with van der Waals surface area (Å²) in [6.07, 6.45) is 2.93. The van der Waals surface area contributed by atoms with E-state index in [0.717, 1.165) is 5.56 Å². The molecule has 0 bridgehead atoms. The minimum Gasteiger partial charge on any atom is -0.350 e. The first-order valence-corrected chi connectivity index (χ1v) is 8.07. The highest BCUT2D eigenvalue weighted by atomic mass is 16.1. The minimum absolute atomic E-state index is 0.329. The van der Waals surface area contributed by atoms with Crippen LogP contribution in [-0.4, -0.2) is 15.9 Å². The van der Waals surface area contributed by atoms with Gasteiger partial charge in [0.05, 0.1) is 17.2 Å². The van der Waals surface area contributed by atoms with Crippen molar-refractivity contribution in [3.05, 3.63) is 83.2 Å². The molecule has 0 aliphatic heterocycles. The molecule has 1 heterocycles. The zero-order chi connectivity index (χ0) is 18.4. The predicted octanol–water partition coefficient (Wildman–Crippen LogP) is 3.52. The van der Waals surface area contributed by atoms with E-state index in [0.29, 0.717) is 29.3 Å². The highest BCUT2D eigenvalue weighted by Gasteiger charge is 2.08. The summed E-state index contributed by atoms with van der Waals surface area (Å²) in [6.45, 7) is 2.65. The van der Waals surface area contributed by atoms with Gasteiger partial charge in [0.2, 0.25) is 5.95 Å². The van der Waals surface area contributed by atoms with Gasteiger partial charge in [0.15, 0.2) is 0 Å². The number of nitriles is 1. The molecule has 0 saturated carbocycles. The Hall–Kier alpha value is -3.72. The Labute approximate surface area is 151 Å². The van der Waals surface area contributed by atoms with Crippen LogP contribution in [0.1, 0.15) is 27.0 Å². The Balaban J connectivity index is 1.60. The molecule has 0 spiro atoms. The third-order valence-corrected chi connectivity index (χ3v) is 3.73. The van der Waals surface area contributed by atoms with E-state index in [9.17, 15) is 4.79 Å². The number of nitrogens with one attached hydrogen (secondary N) is 2. The number of hydrogen-bond donors (Lipinski definition) is 2. The summed E-state index contributed by atoms with van der Waals surface area (Å²) in [5, 5.41) is 14.7. The molecule has 0 saturated heterocycles. The number of rotatable bonds is 5. The van der Waals surface area contributed by atoms with Gasteiger partial charge in [-0.25, -0.2) is 9.97 Å².